The van der Waals surface area contributed by atoms with Crippen LogP contribution in [0.3, 0.4) is 0 Å². The van der Waals surface area contributed by atoms with E-state index in [2.05, 4.69) is 31.5 Å². The smallest absolute Gasteiger partial charge is 0.261 e. The average Bonchev–Trinajstić information content (AvgIpc) is 2.73. The summed E-state index contributed by atoms with van der Waals surface area (Å²) in [6.45, 7) is 2.19. The zero-order chi connectivity index (χ0) is 22.6. The Bertz CT molecular complexity index is 1070. The molecule has 1 saturated heterocycles. The van der Waals surface area contributed by atoms with Crippen LogP contribution in [-0.4, -0.2) is 63.3 Å². The fourth-order valence-electron chi connectivity index (χ4n) is 3.22. The first-order valence-corrected chi connectivity index (χ1v) is 12.5. The number of halogens is 1. The molecule has 0 atom stereocenters. The molecule has 1 aliphatic rings. The van der Waals surface area contributed by atoms with Gasteiger partial charge in [-0.25, -0.2) is 8.42 Å². The number of carbonyl (C=O) groups is 1. The van der Waals surface area contributed by atoms with E-state index in [-0.39, 0.29) is 11.0 Å². The second-order valence-electron chi connectivity index (χ2n) is 6.95. The molecule has 1 amide bonds. The predicted molar refractivity (Wildman–Crippen MR) is 129 cm³/mol. The third-order valence-corrected chi connectivity index (χ3v) is 6.83. The van der Waals surface area contributed by atoms with E-state index in [1.54, 1.807) is 18.2 Å². The van der Waals surface area contributed by atoms with E-state index in [1.165, 1.54) is 17.7 Å². The Kier molecular flexibility index (Phi) is 7.52. The number of nitrogens with one attached hydrogen (secondary N) is 2. The number of rotatable bonds is 5. The van der Waals surface area contributed by atoms with Gasteiger partial charge in [-0.1, -0.05) is 15.9 Å². The highest BCUT2D eigenvalue weighted by Gasteiger charge is 2.23. The van der Waals surface area contributed by atoms with Crippen LogP contribution in [0.5, 0.6) is 5.75 Å². The Labute approximate surface area is 195 Å². The lowest BCUT2D eigenvalue weighted by molar-refractivity contribution is 0.0974. The molecule has 166 valence electrons. The van der Waals surface area contributed by atoms with E-state index in [4.69, 9.17) is 17.0 Å². The van der Waals surface area contributed by atoms with Gasteiger partial charge in [0.05, 0.1) is 18.9 Å². The van der Waals surface area contributed by atoms with E-state index < -0.39 is 10.0 Å². The Hall–Kier alpha value is -2.21. The summed E-state index contributed by atoms with van der Waals surface area (Å²) in [4.78, 5) is 14.7. The monoisotopic (exact) mass is 526 g/mol. The van der Waals surface area contributed by atoms with Crippen molar-refractivity contribution in [3.05, 3.63) is 52.5 Å². The Balaban J connectivity index is 1.57. The van der Waals surface area contributed by atoms with E-state index in [1.807, 2.05) is 24.3 Å². The maximum atomic E-state index is 12.5. The minimum absolute atomic E-state index is 0.168. The van der Waals surface area contributed by atoms with Gasteiger partial charge in [0.1, 0.15) is 5.75 Å². The van der Waals surface area contributed by atoms with Crippen LogP contribution in [0.2, 0.25) is 0 Å². The van der Waals surface area contributed by atoms with Gasteiger partial charge in [-0.15, -0.1) is 0 Å². The summed E-state index contributed by atoms with van der Waals surface area (Å²) in [5, 5.41) is 5.81. The van der Waals surface area contributed by atoms with Gasteiger partial charge in [0.15, 0.2) is 5.11 Å². The van der Waals surface area contributed by atoms with Crippen molar-refractivity contribution < 1.29 is 17.9 Å². The highest BCUT2D eigenvalue weighted by atomic mass is 79.9. The number of sulfonamides is 1. The number of hydrogen-bond donors (Lipinski definition) is 2. The van der Waals surface area contributed by atoms with Crippen molar-refractivity contribution in [3.8, 4) is 5.75 Å². The van der Waals surface area contributed by atoms with Crippen LogP contribution >= 0.6 is 28.1 Å². The quantitative estimate of drug-likeness (QED) is 0.578. The molecule has 0 aliphatic carbocycles. The van der Waals surface area contributed by atoms with Gasteiger partial charge in [-0.3, -0.25) is 10.1 Å². The van der Waals surface area contributed by atoms with Crippen LogP contribution in [0.4, 0.5) is 11.4 Å². The summed E-state index contributed by atoms with van der Waals surface area (Å²) in [7, 11) is -1.65. The number of anilines is 2. The maximum absolute atomic E-state index is 12.5. The molecule has 0 radical (unpaired) electrons. The summed E-state index contributed by atoms with van der Waals surface area (Å²) in [6.07, 6.45) is 1.23. The van der Waals surface area contributed by atoms with Crippen molar-refractivity contribution in [1.82, 2.24) is 9.62 Å². The fourth-order valence-corrected chi connectivity index (χ4v) is 4.62. The Morgan fingerprint density at radius 1 is 1.10 bits per heavy atom. The number of amides is 1. The van der Waals surface area contributed by atoms with Gasteiger partial charge in [-0.05, 0) is 54.7 Å². The Morgan fingerprint density at radius 2 is 1.74 bits per heavy atom. The van der Waals surface area contributed by atoms with Crippen LogP contribution < -0.4 is 20.3 Å². The second-order valence-corrected chi connectivity index (χ2v) is 10.3. The number of piperazine rings is 1. The highest BCUT2D eigenvalue weighted by molar-refractivity contribution is 9.10. The lowest BCUT2D eigenvalue weighted by atomic mass is 10.2. The molecule has 1 heterocycles. The maximum Gasteiger partial charge on any atom is 0.261 e. The molecule has 2 aromatic carbocycles. The normalized spacial score (nSPS) is 14.7. The van der Waals surface area contributed by atoms with Crippen LogP contribution in [0.25, 0.3) is 0 Å². The SMILES string of the molecule is COc1ccc(Br)cc1C(=O)NC(=S)Nc1ccc(N2CCN(S(C)(=O)=O)CC2)cc1. The highest BCUT2D eigenvalue weighted by Crippen LogP contribution is 2.23. The van der Waals surface area contributed by atoms with Crippen molar-refractivity contribution in [2.75, 3.05) is 49.8 Å². The van der Waals surface area contributed by atoms with Gasteiger partial charge in [0, 0.05) is 42.0 Å². The largest absolute Gasteiger partial charge is 0.496 e. The molecule has 0 unspecified atom stereocenters. The summed E-state index contributed by atoms with van der Waals surface area (Å²) in [5.74, 6) is 0.0693. The lowest BCUT2D eigenvalue weighted by Crippen LogP contribution is -2.48. The van der Waals surface area contributed by atoms with E-state index in [0.717, 1.165) is 15.8 Å². The van der Waals surface area contributed by atoms with Crippen molar-refractivity contribution in [2.45, 2.75) is 0 Å². The van der Waals surface area contributed by atoms with Gasteiger partial charge in [-0.2, -0.15) is 4.31 Å². The van der Waals surface area contributed by atoms with Gasteiger partial charge in [0.2, 0.25) is 10.0 Å². The van der Waals surface area contributed by atoms with E-state index in [9.17, 15) is 13.2 Å². The van der Waals surface area contributed by atoms with Gasteiger partial charge >= 0.3 is 0 Å². The minimum Gasteiger partial charge on any atom is -0.496 e. The Morgan fingerprint density at radius 3 is 2.32 bits per heavy atom. The lowest BCUT2D eigenvalue weighted by Gasteiger charge is -2.34. The zero-order valence-electron chi connectivity index (χ0n) is 17.1. The molecule has 2 aromatic rings. The van der Waals surface area contributed by atoms with Crippen molar-refractivity contribution in [2.24, 2.45) is 0 Å². The van der Waals surface area contributed by atoms with E-state index >= 15 is 0 Å². The molecule has 0 saturated carbocycles. The zero-order valence-corrected chi connectivity index (χ0v) is 20.3. The number of hydrogen-bond acceptors (Lipinski definition) is 6. The second kappa shape index (κ2) is 9.94. The first-order valence-electron chi connectivity index (χ1n) is 9.43. The average molecular weight is 527 g/mol. The van der Waals surface area contributed by atoms with Gasteiger partial charge < -0.3 is 15.0 Å². The molecule has 0 aromatic heterocycles. The molecular weight excluding hydrogens is 504 g/mol. The topological polar surface area (TPSA) is 91.0 Å². The van der Waals surface area contributed by atoms with Crippen molar-refractivity contribution in [1.29, 1.82) is 0 Å². The molecule has 2 N–H and O–H groups in total. The molecule has 1 aliphatic heterocycles. The molecule has 0 spiro atoms. The molecule has 31 heavy (non-hydrogen) atoms. The van der Waals surface area contributed by atoms with Crippen molar-refractivity contribution in [3.63, 3.8) is 0 Å². The van der Waals surface area contributed by atoms with E-state index in [0.29, 0.717) is 37.5 Å². The van der Waals surface area contributed by atoms with Crippen molar-refractivity contribution >= 4 is 60.6 Å². The molecule has 3 rings (SSSR count). The fraction of sp³-hybridized carbons (Fsp3) is 0.300. The molecular formula is C20H23BrN4O4S2. The minimum atomic E-state index is -3.15. The van der Waals surface area contributed by atoms with Crippen LogP contribution in [0.15, 0.2) is 46.9 Å². The number of methoxy groups -OCH3 is 1. The third-order valence-electron chi connectivity index (χ3n) is 4.83. The first kappa shape index (κ1) is 23.5. The molecule has 1 fully saturated rings. The number of ether oxygens (including phenoxy) is 1. The summed E-state index contributed by atoms with van der Waals surface area (Å²) >= 11 is 8.61. The van der Waals surface area contributed by atoms with Gasteiger partial charge in [0.25, 0.3) is 5.91 Å². The number of benzene rings is 2. The molecule has 8 nitrogen and oxygen atoms in total. The molecule has 11 heteroatoms. The summed E-state index contributed by atoms with van der Waals surface area (Å²) in [6, 6.07) is 12.7. The first-order chi connectivity index (χ1) is 14.7. The van der Waals surface area contributed by atoms with Crippen LogP contribution in [0.1, 0.15) is 10.4 Å². The predicted octanol–water partition coefficient (Wildman–Crippen LogP) is 2.67. The summed E-state index contributed by atoms with van der Waals surface area (Å²) in [5.41, 5.74) is 2.09. The standard InChI is InChI=1S/C20H23BrN4O4S2/c1-29-18-8-3-14(21)13-17(18)19(26)23-20(30)22-15-4-6-16(7-5-15)24-9-11-25(12-10-24)31(2,27)28/h3-8,13H,9-12H2,1-2H3,(H2,22,23,26,30). The number of thiocarbonyl (C=S) groups is 1. The third kappa shape index (κ3) is 6.16. The van der Waals surface area contributed by atoms with Crippen LogP contribution in [0, 0.1) is 0 Å². The molecule has 0 bridgehead atoms. The summed E-state index contributed by atoms with van der Waals surface area (Å²) < 4.78 is 30.8. The number of carbonyl (C=O) groups excluding carboxylic acids is 1. The van der Waals surface area contributed by atoms with Crippen LogP contribution in [-0.2, 0) is 10.0 Å². The number of nitrogens with zero attached hydrogens (tertiary/aromatic N) is 2.